The van der Waals surface area contributed by atoms with Gasteiger partial charge in [-0.25, -0.2) is 0 Å². The standard InChI is InChI=1S/C16H25N/c1-4-12-17-16(13-14(2)3)11-10-15-8-6-5-7-9-15/h5-9,16-17H,2,4,10-13H2,1,3H3. The van der Waals surface area contributed by atoms with Gasteiger partial charge in [0.05, 0.1) is 0 Å². The molecule has 0 amide bonds. The average molecular weight is 231 g/mol. The Morgan fingerprint density at radius 3 is 2.59 bits per heavy atom. The minimum atomic E-state index is 0.577. The molecule has 17 heavy (non-hydrogen) atoms. The van der Waals surface area contributed by atoms with Crippen molar-refractivity contribution in [3.05, 3.63) is 48.0 Å². The van der Waals surface area contributed by atoms with Gasteiger partial charge < -0.3 is 5.32 Å². The maximum Gasteiger partial charge on any atom is 0.0107 e. The molecule has 0 bridgehead atoms. The topological polar surface area (TPSA) is 12.0 Å². The van der Waals surface area contributed by atoms with Gasteiger partial charge in [-0.2, -0.15) is 0 Å². The fourth-order valence-electron chi connectivity index (χ4n) is 2.03. The number of hydrogen-bond donors (Lipinski definition) is 1. The van der Waals surface area contributed by atoms with Crippen LogP contribution < -0.4 is 5.32 Å². The maximum atomic E-state index is 4.02. The molecule has 1 rings (SSSR count). The zero-order valence-corrected chi connectivity index (χ0v) is 11.2. The van der Waals surface area contributed by atoms with E-state index < -0.39 is 0 Å². The largest absolute Gasteiger partial charge is 0.314 e. The molecule has 94 valence electrons. The molecule has 0 aromatic heterocycles. The van der Waals surface area contributed by atoms with E-state index in [0.717, 1.165) is 19.4 Å². The van der Waals surface area contributed by atoms with Gasteiger partial charge in [0.1, 0.15) is 0 Å². The van der Waals surface area contributed by atoms with E-state index in [0.29, 0.717) is 6.04 Å². The smallest absolute Gasteiger partial charge is 0.0107 e. The highest BCUT2D eigenvalue weighted by atomic mass is 14.9. The van der Waals surface area contributed by atoms with Crippen molar-refractivity contribution in [1.29, 1.82) is 0 Å². The maximum absolute atomic E-state index is 4.02. The third kappa shape index (κ3) is 6.28. The highest BCUT2D eigenvalue weighted by Gasteiger charge is 2.07. The SMILES string of the molecule is C=C(C)CC(CCc1ccccc1)NCCC. The van der Waals surface area contributed by atoms with Gasteiger partial charge in [0.2, 0.25) is 0 Å². The summed E-state index contributed by atoms with van der Waals surface area (Å²) in [5, 5.41) is 3.61. The van der Waals surface area contributed by atoms with Crippen LogP contribution in [0.3, 0.4) is 0 Å². The molecule has 0 fully saturated rings. The zero-order valence-electron chi connectivity index (χ0n) is 11.2. The van der Waals surface area contributed by atoms with Gasteiger partial charge >= 0.3 is 0 Å². The third-order valence-electron chi connectivity index (χ3n) is 2.90. The lowest BCUT2D eigenvalue weighted by molar-refractivity contribution is 0.476. The monoisotopic (exact) mass is 231 g/mol. The van der Waals surface area contributed by atoms with Crippen molar-refractivity contribution < 1.29 is 0 Å². The van der Waals surface area contributed by atoms with E-state index in [-0.39, 0.29) is 0 Å². The highest BCUT2D eigenvalue weighted by molar-refractivity contribution is 5.14. The predicted octanol–water partition coefficient (Wildman–Crippen LogP) is 3.95. The van der Waals surface area contributed by atoms with Crippen molar-refractivity contribution in [1.82, 2.24) is 5.32 Å². The summed E-state index contributed by atoms with van der Waals surface area (Å²) in [4.78, 5) is 0. The Balaban J connectivity index is 2.40. The molecule has 1 N–H and O–H groups in total. The van der Waals surface area contributed by atoms with Gasteiger partial charge in [0, 0.05) is 6.04 Å². The van der Waals surface area contributed by atoms with E-state index >= 15 is 0 Å². The van der Waals surface area contributed by atoms with Gasteiger partial charge in [-0.1, -0.05) is 42.8 Å². The number of benzene rings is 1. The third-order valence-corrected chi connectivity index (χ3v) is 2.90. The first-order chi connectivity index (χ1) is 8.22. The second-order valence-corrected chi connectivity index (χ2v) is 4.84. The Bertz CT molecular complexity index is 316. The van der Waals surface area contributed by atoms with E-state index in [4.69, 9.17) is 0 Å². The van der Waals surface area contributed by atoms with Crippen LogP contribution >= 0.6 is 0 Å². The Morgan fingerprint density at radius 1 is 1.29 bits per heavy atom. The van der Waals surface area contributed by atoms with Crippen LogP contribution in [0.5, 0.6) is 0 Å². The second kappa shape index (κ2) is 8.08. The minimum absolute atomic E-state index is 0.577. The Morgan fingerprint density at radius 2 is 2.00 bits per heavy atom. The van der Waals surface area contributed by atoms with E-state index in [2.05, 4.69) is 56.1 Å². The van der Waals surface area contributed by atoms with Crippen LogP contribution in [0.4, 0.5) is 0 Å². The highest BCUT2D eigenvalue weighted by Crippen LogP contribution is 2.10. The Kier molecular flexibility index (Phi) is 6.64. The van der Waals surface area contributed by atoms with Crippen molar-refractivity contribution in [2.75, 3.05) is 6.54 Å². The first-order valence-corrected chi connectivity index (χ1v) is 6.64. The molecular weight excluding hydrogens is 206 g/mol. The van der Waals surface area contributed by atoms with Crippen molar-refractivity contribution in [2.45, 2.75) is 45.6 Å². The molecule has 0 spiro atoms. The first kappa shape index (κ1) is 14.0. The van der Waals surface area contributed by atoms with Crippen molar-refractivity contribution in [2.24, 2.45) is 0 Å². The lowest BCUT2D eigenvalue weighted by Crippen LogP contribution is -2.30. The van der Waals surface area contributed by atoms with Gasteiger partial charge in [-0.05, 0) is 44.7 Å². The summed E-state index contributed by atoms with van der Waals surface area (Å²) in [6.07, 6.45) is 4.62. The quantitative estimate of drug-likeness (QED) is 0.668. The van der Waals surface area contributed by atoms with Crippen LogP contribution in [0, 0.1) is 0 Å². The summed E-state index contributed by atoms with van der Waals surface area (Å²) in [5.41, 5.74) is 2.70. The van der Waals surface area contributed by atoms with Gasteiger partial charge in [-0.15, -0.1) is 6.58 Å². The molecule has 0 aliphatic heterocycles. The lowest BCUT2D eigenvalue weighted by atomic mass is 10.0. The summed E-state index contributed by atoms with van der Waals surface area (Å²) in [7, 11) is 0. The molecule has 0 saturated heterocycles. The molecule has 1 aromatic rings. The number of rotatable bonds is 8. The van der Waals surface area contributed by atoms with Crippen LogP contribution in [0.25, 0.3) is 0 Å². The van der Waals surface area contributed by atoms with E-state index in [1.165, 1.54) is 24.0 Å². The van der Waals surface area contributed by atoms with Crippen LogP contribution in [-0.2, 0) is 6.42 Å². The van der Waals surface area contributed by atoms with Gasteiger partial charge in [0.25, 0.3) is 0 Å². The van der Waals surface area contributed by atoms with E-state index in [1.54, 1.807) is 0 Å². The van der Waals surface area contributed by atoms with Crippen molar-refractivity contribution in [3.8, 4) is 0 Å². The van der Waals surface area contributed by atoms with Gasteiger partial charge in [-0.3, -0.25) is 0 Å². The normalized spacial score (nSPS) is 12.4. The molecule has 0 saturated carbocycles. The fourth-order valence-corrected chi connectivity index (χ4v) is 2.03. The number of nitrogens with one attached hydrogen (secondary N) is 1. The van der Waals surface area contributed by atoms with Crippen LogP contribution in [-0.4, -0.2) is 12.6 Å². The van der Waals surface area contributed by atoms with Crippen LogP contribution in [0.1, 0.15) is 38.7 Å². The molecule has 1 aromatic carbocycles. The molecule has 1 heteroatoms. The predicted molar refractivity (Wildman–Crippen MR) is 76.3 cm³/mol. The summed E-state index contributed by atoms with van der Waals surface area (Å²) >= 11 is 0. The summed E-state index contributed by atoms with van der Waals surface area (Å²) < 4.78 is 0. The first-order valence-electron chi connectivity index (χ1n) is 6.64. The molecular formula is C16H25N. The van der Waals surface area contributed by atoms with Crippen LogP contribution in [0.15, 0.2) is 42.5 Å². The Hall–Kier alpha value is -1.08. The number of aryl methyl sites for hydroxylation is 1. The minimum Gasteiger partial charge on any atom is -0.314 e. The molecule has 1 unspecified atom stereocenters. The van der Waals surface area contributed by atoms with Crippen molar-refractivity contribution in [3.63, 3.8) is 0 Å². The van der Waals surface area contributed by atoms with Crippen LogP contribution in [0.2, 0.25) is 0 Å². The Labute approximate surface area is 106 Å². The molecule has 1 nitrogen and oxygen atoms in total. The molecule has 0 heterocycles. The molecule has 0 radical (unpaired) electrons. The average Bonchev–Trinajstić information content (AvgIpc) is 2.33. The number of hydrogen-bond acceptors (Lipinski definition) is 1. The zero-order chi connectivity index (χ0) is 12.5. The van der Waals surface area contributed by atoms with Gasteiger partial charge in [0.15, 0.2) is 0 Å². The van der Waals surface area contributed by atoms with Crippen molar-refractivity contribution >= 4 is 0 Å². The van der Waals surface area contributed by atoms with E-state index in [9.17, 15) is 0 Å². The molecule has 0 aliphatic carbocycles. The summed E-state index contributed by atoms with van der Waals surface area (Å²) in [5.74, 6) is 0. The molecule has 1 atom stereocenters. The fraction of sp³-hybridized carbons (Fsp3) is 0.500. The lowest BCUT2D eigenvalue weighted by Gasteiger charge is -2.18. The summed E-state index contributed by atoms with van der Waals surface area (Å²) in [6.45, 7) is 9.45. The molecule has 0 aliphatic rings. The second-order valence-electron chi connectivity index (χ2n) is 4.84. The summed E-state index contributed by atoms with van der Waals surface area (Å²) in [6, 6.07) is 11.3. The van der Waals surface area contributed by atoms with E-state index in [1.807, 2.05) is 0 Å².